The van der Waals surface area contributed by atoms with Crippen molar-refractivity contribution in [3.05, 3.63) is 26.5 Å². The Morgan fingerprint density at radius 1 is 1.70 bits per heavy atom. The molecule has 2 nitrogen and oxygen atoms in total. The van der Waals surface area contributed by atoms with Crippen LogP contribution in [0, 0.1) is 3.70 Å². The second kappa shape index (κ2) is 3.30. The number of aromatic nitrogens is 1. The Hall–Kier alpha value is -0.160. The SMILES string of the molecule is O=Cc1cnc(I)c(Cl)c1. The van der Waals surface area contributed by atoms with Crippen molar-refractivity contribution < 1.29 is 4.79 Å². The zero-order chi connectivity index (χ0) is 7.56. The lowest BCUT2D eigenvalue weighted by atomic mass is 10.3. The molecule has 1 heterocycles. The summed E-state index contributed by atoms with van der Waals surface area (Å²) in [6, 6.07) is 1.59. The normalized spacial score (nSPS) is 9.40. The average molecular weight is 267 g/mol. The van der Waals surface area contributed by atoms with Crippen LogP contribution in [-0.2, 0) is 0 Å². The van der Waals surface area contributed by atoms with Gasteiger partial charge in [0.05, 0.1) is 5.02 Å². The smallest absolute Gasteiger partial charge is 0.151 e. The van der Waals surface area contributed by atoms with E-state index in [1.165, 1.54) is 6.20 Å². The molecule has 0 saturated heterocycles. The zero-order valence-electron chi connectivity index (χ0n) is 4.84. The Labute approximate surface area is 76.7 Å². The van der Waals surface area contributed by atoms with Gasteiger partial charge >= 0.3 is 0 Å². The van der Waals surface area contributed by atoms with Crippen LogP contribution in [-0.4, -0.2) is 11.3 Å². The van der Waals surface area contributed by atoms with Gasteiger partial charge in [0.1, 0.15) is 3.70 Å². The van der Waals surface area contributed by atoms with E-state index < -0.39 is 0 Å². The van der Waals surface area contributed by atoms with E-state index in [9.17, 15) is 4.79 Å². The van der Waals surface area contributed by atoms with Crippen molar-refractivity contribution >= 4 is 40.5 Å². The number of pyridine rings is 1. The maximum Gasteiger partial charge on any atom is 0.151 e. The molecule has 0 radical (unpaired) electrons. The molecule has 0 unspecified atom stereocenters. The number of halogens is 2. The minimum Gasteiger partial charge on any atom is -0.298 e. The Kier molecular flexibility index (Phi) is 2.62. The first-order valence-corrected chi connectivity index (χ1v) is 3.96. The van der Waals surface area contributed by atoms with E-state index >= 15 is 0 Å². The van der Waals surface area contributed by atoms with Gasteiger partial charge in [-0.1, -0.05) is 11.6 Å². The molecule has 1 aromatic heterocycles. The highest BCUT2D eigenvalue weighted by molar-refractivity contribution is 14.1. The molecule has 0 aliphatic carbocycles. The van der Waals surface area contributed by atoms with Gasteiger partial charge in [0, 0.05) is 11.8 Å². The summed E-state index contributed by atoms with van der Waals surface area (Å²) < 4.78 is 0.713. The van der Waals surface area contributed by atoms with Crippen molar-refractivity contribution in [2.75, 3.05) is 0 Å². The molecule has 10 heavy (non-hydrogen) atoms. The molecular weight excluding hydrogens is 264 g/mol. The van der Waals surface area contributed by atoms with Crippen molar-refractivity contribution in [3.8, 4) is 0 Å². The molecule has 1 aromatic rings. The van der Waals surface area contributed by atoms with Crippen LogP contribution >= 0.6 is 34.2 Å². The molecule has 0 atom stereocenters. The Bertz CT molecular complexity index is 264. The fourth-order valence-electron chi connectivity index (χ4n) is 0.500. The van der Waals surface area contributed by atoms with Crippen molar-refractivity contribution in [2.45, 2.75) is 0 Å². The predicted octanol–water partition coefficient (Wildman–Crippen LogP) is 2.15. The van der Waals surface area contributed by atoms with Crippen molar-refractivity contribution in [3.63, 3.8) is 0 Å². The molecule has 4 heteroatoms. The largest absolute Gasteiger partial charge is 0.298 e. The first-order chi connectivity index (χ1) is 4.74. The molecule has 0 fully saturated rings. The Balaban J connectivity index is 3.16. The van der Waals surface area contributed by atoms with Gasteiger partial charge in [0.25, 0.3) is 0 Å². The maximum atomic E-state index is 10.2. The van der Waals surface area contributed by atoms with Crippen LogP contribution in [0.15, 0.2) is 12.3 Å². The van der Waals surface area contributed by atoms with Crippen LogP contribution in [0.4, 0.5) is 0 Å². The predicted molar refractivity (Wildman–Crippen MR) is 47.4 cm³/mol. The van der Waals surface area contributed by atoms with Crippen molar-refractivity contribution in [1.82, 2.24) is 4.98 Å². The fraction of sp³-hybridized carbons (Fsp3) is 0. The second-order valence-corrected chi connectivity index (χ2v) is 3.09. The third kappa shape index (κ3) is 1.67. The molecule has 0 aromatic carbocycles. The monoisotopic (exact) mass is 267 g/mol. The first-order valence-electron chi connectivity index (χ1n) is 2.50. The van der Waals surface area contributed by atoms with E-state index in [2.05, 4.69) is 4.98 Å². The van der Waals surface area contributed by atoms with Crippen LogP contribution in [0.5, 0.6) is 0 Å². The highest BCUT2D eigenvalue weighted by Gasteiger charge is 1.97. The van der Waals surface area contributed by atoms with Crippen LogP contribution in [0.1, 0.15) is 10.4 Å². The Morgan fingerprint density at radius 2 is 2.40 bits per heavy atom. The average Bonchev–Trinajstić information content (AvgIpc) is 1.95. The van der Waals surface area contributed by atoms with Gasteiger partial charge in [-0.2, -0.15) is 0 Å². The molecule has 52 valence electrons. The van der Waals surface area contributed by atoms with Crippen LogP contribution < -0.4 is 0 Å². The van der Waals surface area contributed by atoms with Gasteiger partial charge in [0.2, 0.25) is 0 Å². The first kappa shape index (κ1) is 7.94. The lowest BCUT2D eigenvalue weighted by molar-refractivity contribution is 0.112. The Morgan fingerprint density at radius 3 is 2.90 bits per heavy atom. The van der Waals surface area contributed by atoms with E-state index in [1.54, 1.807) is 6.07 Å². The summed E-state index contributed by atoms with van der Waals surface area (Å²) >= 11 is 7.66. The summed E-state index contributed by atoms with van der Waals surface area (Å²) in [7, 11) is 0. The van der Waals surface area contributed by atoms with Crippen LogP contribution in [0.25, 0.3) is 0 Å². The summed E-state index contributed by atoms with van der Waals surface area (Å²) in [4.78, 5) is 14.0. The van der Waals surface area contributed by atoms with E-state index in [4.69, 9.17) is 11.6 Å². The number of nitrogens with zero attached hydrogens (tertiary/aromatic N) is 1. The summed E-state index contributed by atoms with van der Waals surface area (Å²) in [5, 5.41) is 0.519. The van der Waals surface area contributed by atoms with Gasteiger partial charge in [-0.25, -0.2) is 4.98 Å². The van der Waals surface area contributed by atoms with E-state index in [0.29, 0.717) is 14.3 Å². The van der Waals surface area contributed by atoms with Gasteiger partial charge in [-0.3, -0.25) is 4.79 Å². The molecule has 0 N–H and O–H groups in total. The number of hydrogen-bond acceptors (Lipinski definition) is 2. The summed E-state index contributed by atoms with van der Waals surface area (Å²) in [6.45, 7) is 0. The number of aldehydes is 1. The summed E-state index contributed by atoms with van der Waals surface area (Å²) in [5.41, 5.74) is 0.505. The van der Waals surface area contributed by atoms with Gasteiger partial charge in [-0.05, 0) is 28.7 Å². The topological polar surface area (TPSA) is 30.0 Å². The molecule has 0 spiro atoms. The minimum atomic E-state index is 0.505. The second-order valence-electron chi connectivity index (χ2n) is 1.66. The maximum absolute atomic E-state index is 10.2. The van der Waals surface area contributed by atoms with Crippen molar-refractivity contribution in [1.29, 1.82) is 0 Å². The van der Waals surface area contributed by atoms with Gasteiger partial charge in [-0.15, -0.1) is 0 Å². The summed E-state index contributed by atoms with van der Waals surface area (Å²) in [5.74, 6) is 0. The third-order valence-corrected chi connectivity index (χ3v) is 2.42. The van der Waals surface area contributed by atoms with E-state index in [0.717, 1.165) is 6.29 Å². The number of hydrogen-bond donors (Lipinski definition) is 0. The zero-order valence-corrected chi connectivity index (χ0v) is 7.76. The lowest BCUT2D eigenvalue weighted by Crippen LogP contribution is -1.85. The highest BCUT2D eigenvalue weighted by atomic mass is 127. The summed E-state index contributed by atoms with van der Waals surface area (Å²) in [6.07, 6.45) is 2.20. The number of carbonyl (C=O) groups excluding carboxylic acids is 1. The fourth-order valence-corrected chi connectivity index (χ4v) is 0.970. The molecule has 0 aliphatic heterocycles. The van der Waals surface area contributed by atoms with Crippen molar-refractivity contribution in [2.24, 2.45) is 0 Å². The van der Waals surface area contributed by atoms with Crippen LogP contribution in [0.3, 0.4) is 0 Å². The third-order valence-electron chi connectivity index (χ3n) is 0.954. The quantitative estimate of drug-likeness (QED) is 0.443. The standard InChI is InChI=1S/C6H3ClINO/c7-5-1-4(3-10)2-9-6(5)8/h1-3H. The minimum absolute atomic E-state index is 0.505. The highest BCUT2D eigenvalue weighted by Crippen LogP contribution is 2.15. The molecule has 0 bridgehead atoms. The van der Waals surface area contributed by atoms with Crippen LogP contribution in [0.2, 0.25) is 5.02 Å². The number of carbonyl (C=O) groups is 1. The van der Waals surface area contributed by atoms with Gasteiger partial charge in [0.15, 0.2) is 6.29 Å². The molecule has 0 saturated carbocycles. The van der Waals surface area contributed by atoms with E-state index in [-0.39, 0.29) is 0 Å². The molecule has 0 amide bonds. The molecular formula is C6H3ClINO. The van der Waals surface area contributed by atoms with Gasteiger partial charge < -0.3 is 0 Å². The molecule has 1 rings (SSSR count). The number of rotatable bonds is 1. The molecule has 0 aliphatic rings. The van der Waals surface area contributed by atoms with E-state index in [1.807, 2.05) is 22.6 Å². The lowest BCUT2D eigenvalue weighted by Gasteiger charge is -1.93.